The predicted molar refractivity (Wildman–Crippen MR) is 263 cm³/mol. The Kier molecular flexibility index (Phi) is 22.8. The highest BCUT2D eigenvalue weighted by Gasteiger charge is 2.53. The first-order valence-electron chi connectivity index (χ1n) is 25.8. The smallest absolute Gasteiger partial charge is 0.434 e. The minimum Gasteiger partial charge on any atom is -0.460 e. The first-order chi connectivity index (χ1) is 33.4. The van der Waals surface area contributed by atoms with Crippen molar-refractivity contribution in [3.8, 4) is 0 Å². The number of carbonyl (C=O) groups excluding carboxylic acids is 6. The zero-order chi connectivity index (χ0) is 52.9. The lowest BCUT2D eigenvalue weighted by Gasteiger charge is -2.43. The number of fused-ring (bicyclic) bond motifs is 3. The van der Waals surface area contributed by atoms with Gasteiger partial charge >= 0.3 is 12.1 Å². The molecule has 3 fully saturated rings. The Balaban J connectivity index is 1.75. The number of piperidine rings is 1. The number of amides is 2. The molecule has 17 heteroatoms. The molecule has 4 rings (SSSR count). The fourth-order valence-electron chi connectivity index (χ4n) is 10.5. The van der Waals surface area contributed by atoms with Crippen LogP contribution in [0.2, 0.25) is 0 Å². The van der Waals surface area contributed by atoms with Crippen molar-refractivity contribution in [2.45, 2.75) is 200 Å². The summed E-state index contributed by atoms with van der Waals surface area (Å²) in [6.45, 7) is 15.5. The Morgan fingerprint density at radius 3 is 2.25 bits per heavy atom. The molecule has 0 aromatic carbocycles. The fraction of sp³-hybridized carbons (Fsp3) is 0.741. The molecular formula is C54H84N2O15. The molecule has 1 aliphatic carbocycles. The van der Waals surface area contributed by atoms with Gasteiger partial charge in [-0.2, -0.15) is 5.06 Å². The molecule has 1 saturated carbocycles. The number of allylic oxidation sites excluding steroid dienone is 6. The van der Waals surface area contributed by atoms with Crippen molar-refractivity contribution in [3.05, 3.63) is 47.6 Å². The summed E-state index contributed by atoms with van der Waals surface area (Å²) in [4.78, 5) is 85.4. The third kappa shape index (κ3) is 15.9. The molecule has 0 radical (unpaired) electrons. The molecule has 2 saturated heterocycles. The normalized spacial score (nSPS) is 37.9. The Bertz CT molecular complexity index is 1960. The maximum atomic E-state index is 14.5. The van der Waals surface area contributed by atoms with Crippen LogP contribution in [0.4, 0.5) is 4.79 Å². The number of hydroxylamine groups is 2. The van der Waals surface area contributed by atoms with E-state index >= 15 is 0 Å². The van der Waals surface area contributed by atoms with E-state index in [2.05, 4.69) is 0 Å². The molecule has 400 valence electrons. The van der Waals surface area contributed by atoms with Crippen molar-refractivity contribution in [2.24, 2.45) is 35.5 Å². The number of esters is 1. The van der Waals surface area contributed by atoms with Crippen molar-refractivity contribution in [2.75, 3.05) is 20.8 Å². The van der Waals surface area contributed by atoms with Crippen LogP contribution in [0.1, 0.15) is 139 Å². The number of carbonyl (C=O) groups is 6. The number of ether oxygens (including phenoxy) is 5. The molecule has 0 spiro atoms. The average Bonchev–Trinajstić information content (AvgIpc) is 3.33. The van der Waals surface area contributed by atoms with Gasteiger partial charge in [-0.3, -0.25) is 24.4 Å². The van der Waals surface area contributed by atoms with Gasteiger partial charge in [0.25, 0.3) is 11.7 Å². The molecule has 0 aromatic rings. The van der Waals surface area contributed by atoms with Gasteiger partial charge in [0.1, 0.15) is 30.1 Å². The summed E-state index contributed by atoms with van der Waals surface area (Å²) in [5.74, 6) is -8.95. The summed E-state index contributed by atoms with van der Waals surface area (Å²) in [5, 5.41) is 45.8. The zero-order valence-electron chi connectivity index (χ0n) is 44.0. The Morgan fingerprint density at radius 2 is 1.59 bits per heavy atom. The van der Waals surface area contributed by atoms with Gasteiger partial charge in [-0.1, -0.05) is 71.1 Å². The SMILES string of the molecule is COC1C(=O)[C@H](C)C[C@H](C)/C=C/C=C/C=C(\C)C(N(O)C(=O)OC(C)C)C[C@@H]2CC[C@@H](C)[C@@](O)(O2)C(=O)C(=O)N2CCCC[C@H]2C(=O)O[C@H]([C@H](C)C[C@@H]2CC[C@@H](O)[C@H](OC)C2)CC(=O)[C@H](C)/C=C(\C)[C@H]1O. The van der Waals surface area contributed by atoms with Crippen molar-refractivity contribution < 1.29 is 73.0 Å². The van der Waals surface area contributed by atoms with Crippen LogP contribution in [0.25, 0.3) is 0 Å². The van der Waals surface area contributed by atoms with Crippen LogP contribution in [0.3, 0.4) is 0 Å². The molecule has 71 heavy (non-hydrogen) atoms. The number of nitrogens with zero attached hydrogens (tertiary/aromatic N) is 2. The lowest BCUT2D eigenvalue weighted by Crippen LogP contribution is -2.61. The highest BCUT2D eigenvalue weighted by Crippen LogP contribution is 2.38. The van der Waals surface area contributed by atoms with E-state index in [1.54, 1.807) is 86.0 Å². The molecule has 2 bridgehead atoms. The van der Waals surface area contributed by atoms with E-state index in [1.807, 2.05) is 19.9 Å². The van der Waals surface area contributed by atoms with Gasteiger partial charge in [-0.15, -0.1) is 0 Å². The molecule has 0 aromatic heterocycles. The summed E-state index contributed by atoms with van der Waals surface area (Å²) in [7, 11) is 2.90. The second kappa shape index (κ2) is 27.3. The molecule has 2 amide bonds. The summed E-state index contributed by atoms with van der Waals surface area (Å²) in [5.41, 5.74) is 0.857. The number of methoxy groups -OCH3 is 2. The van der Waals surface area contributed by atoms with Crippen molar-refractivity contribution in [3.63, 3.8) is 0 Å². The third-order valence-electron chi connectivity index (χ3n) is 15.0. The molecule has 4 aliphatic rings. The molecule has 2 unspecified atom stereocenters. The van der Waals surface area contributed by atoms with Crippen LogP contribution in [-0.2, 0) is 47.7 Å². The highest BCUT2D eigenvalue weighted by molar-refractivity contribution is 6.39. The van der Waals surface area contributed by atoms with Crippen molar-refractivity contribution >= 4 is 35.3 Å². The topological polar surface area (TPSA) is 236 Å². The number of hydrogen-bond donors (Lipinski definition) is 4. The van der Waals surface area contributed by atoms with Crippen LogP contribution in [0.5, 0.6) is 0 Å². The average molecular weight is 1000 g/mol. The molecular weight excluding hydrogens is 917 g/mol. The fourth-order valence-corrected chi connectivity index (χ4v) is 10.5. The monoisotopic (exact) mass is 1000 g/mol. The van der Waals surface area contributed by atoms with E-state index in [4.69, 9.17) is 23.7 Å². The summed E-state index contributed by atoms with van der Waals surface area (Å²) in [6, 6.07) is -2.27. The quantitative estimate of drug-likeness (QED) is 0.0677. The Hall–Kier alpha value is -4.10. The van der Waals surface area contributed by atoms with Gasteiger partial charge in [0.15, 0.2) is 5.78 Å². The molecule has 15 atom stereocenters. The number of hydrogen-bond acceptors (Lipinski definition) is 15. The summed E-state index contributed by atoms with van der Waals surface area (Å²) in [6.07, 6.45) is 7.55. The molecule has 17 nitrogen and oxygen atoms in total. The zero-order valence-corrected chi connectivity index (χ0v) is 44.0. The van der Waals surface area contributed by atoms with Gasteiger partial charge in [0.05, 0.1) is 30.5 Å². The first kappa shape index (κ1) is 59.5. The van der Waals surface area contributed by atoms with Gasteiger partial charge in [-0.05, 0) is 121 Å². The van der Waals surface area contributed by atoms with Crippen molar-refractivity contribution in [1.82, 2.24) is 9.96 Å². The van der Waals surface area contributed by atoms with Gasteiger partial charge in [0, 0.05) is 51.4 Å². The lowest BCUT2D eigenvalue weighted by atomic mass is 9.78. The largest absolute Gasteiger partial charge is 0.460 e. The number of rotatable bonds is 7. The standard InChI is InChI=1S/C54H84N2O15/c1-31(2)69-53(64)56(66)42-29-40-22-20-38(9)54(65,71-40)50(61)51(62)55-24-16-15-19-41(55)52(63)70-45(35(6)27-39-21-23-43(57)46(28-39)67-10)30-44(58)34(5)26-37(8)48(60)49(68-11)47(59)36(7)25-32(3)17-13-12-14-18-33(42)4/h12-14,17-18,26,31-32,34-36,38-43,45-46,48-49,57,60,65-66H,15-16,19-25,27-30H2,1-11H3/b14-12+,17-13+,33-18+,37-26+/t32-,34-,35-,36-,38-,39+,40+,41+,42?,43-,45+,46-,48-,49?,54-/m1/s1. The lowest BCUT2D eigenvalue weighted by molar-refractivity contribution is -0.266. The maximum Gasteiger partial charge on any atom is 0.434 e. The van der Waals surface area contributed by atoms with Crippen LogP contribution in [0, 0.1) is 35.5 Å². The van der Waals surface area contributed by atoms with E-state index < -0.39 is 96.0 Å². The molecule has 3 aliphatic heterocycles. The molecule has 3 heterocycles. The number of aliphatic hydroxyl groups excluding tert-OH is 2. The van der Waals surface area contributed by atoms with E-state index in [0.717, 1.165) is 4.90 Å². The van der Waals surface area contributed by atoms with E-state index in [-0.39, 0.29) is 67.7 Å². The predicted octanol–water partition coefficient (Wildman–Crippen LogP) is 6.77. The number of cyclic esters (lactones) is 1. The van der Waals surface area contributed by atoms with Crippen LogP contribution < -0.4 is 0 Å². The van der Waals surface area contributed by atoms with Gasteiger partial charge in [0.2, 0.25) is 5.79 Å². The van der Waals surface area contributed by atoms with E-state index in [1.165, 1.54) is 7.11 Å². The maximum absolute atomic E-state index is 14.5. The number of aliphatic hydroxyl groups is 3. The van der Waals surface area contributed by atoms with E-state index in [0.29, 0.717) is 67.6 Å². The first-order valence-corrected chi connectivity index (χ1v) is 25.8. The van der Waals surface area contributed by atoms with Crippen LogP contribution >= 0.6 is 0 Å². The highest BCUT2D eigenvalue weighted by atomic mass is 16.6. The molecule has 4 N–H and O–H groups in total. The second-order valence-electron chi connectivity index (χ2n) is 21.2. The van der Waals surface area contributed by atoms with E-state index in [9.17, 15) is 49.3 Å². The second-order valence-corrected chi connectivity index (χ2v) is 21.2. The van der Waals surface area contributed by atoms with Crippen LogP contribution in [-0.4, -0.2) is 147 Å². The van der Waals surface area contributed by atoms with Crippen molar-refractivity contribution in [1.29, 1.82) is 0 Å². The Morgan fingerprint density at radius 1 is 0.887 bits per heavy atom. The summed E-state index contributed by atoms with van der Waals surface area (Å²) < 4.78 is 28.8. The van der Waals surface area contributed by atoms with Crippen LogP contribution in [0.15, 0.2) is 47.6 Å². The van der Waals surface area contributed by atoms with Gasteiger partial charge in [-0.25, -0.2) is 9.59 Å². The minimum absolute atomic E-state index is 0.0124. The summed E-state index contributed by atoms with van der Waals surface area (Å²) >= 11 is 0. The minimum atomic E-state index is -2.62. The number of ketones is 3. The number of Topliss-reactive ketones (excluding diaryl/α,β-unsaturated/α-hetero) is 3. The third-order valence-corrected chi connectivity index (χ3v) is 15.0. The Labute approximate surface area is 420 Å². The van der Waals surface area contributed by atoms with Gasteiger partial charge < -0.3 is 43.9 Å².